The van der Waals surface area contributed by atoms with Crippen LogP contribution >= 0.6 is 0 Å². The molecule has 4 nitrogen and oxygen atoms in total. The third-order valence-electron chi connectivity index (χ3n) is 6.43. The molecule has 0 radical (unpaired) electrons. The monoisotopic (exact) mass is 420 g/mol. The number of carboxylic acids is 1. The van der Waals surface area contributed by atoms with Crippen molar-refractivity contribution in [1.29, 1.82) is 0 Å². The molecule has 1 heterocycles. The predicted molar refractivity (Wildman–Crippen MR) is 103 cm³/mol. The van der Waals surface area contributed by atoms with Crippen molar-refractivity contribution in [2.45, 2.75) is 49.8 Å². The molecule has 4 rings (SSSR count). The van der Waals surface area contributed by atoms with Gasteiger partial charge in [-0.3, -0.25) is 4.79 Å². The minimum Gasteiger partial charge on any atom is -0.493 e. The van der Waals surface area contributed by atoms with Crippen molar-refractivity contribution in [1.82, 2.24) is 0 Å². The number of aliphatic hydroxyl groups excluding tert-OH is 1. The highest BCUT2D eigenvalue weighted by molar-refractivity contribution is 5.82. The zero-order valence-electron chi connectivity index (χ0n) is 16.3. The van der Waals surface area contributed by atoms with E-state index in [2.05, 4.69) is 0 Å². The Morgan fingerprint density at radius 2 is 1.77 bits per heavy atom. The van der Waals surface area contributed by atoms with Gasteiger partial charge in [0.25, 0.3) is 0 Å². The molecule has 0 unspecified atom stereocenters. The predicted octanol–water partition coefficient (Wildman–Crippen LogP) is 4.89. The molecule has 2 aromatic rings. The number of fused-ring (bicyclic) bond motifs is 1. The number of aliphatic carboxylic acids is 1. The summed E-state index contributed by atoms with van der Waals surface area (Å²) in [7, 11) is 0. The van der Waals surface area contributed by atoms with Crippen molar-refractivity contribution in [2.24, 2.45) is 5.92 Å². The summed E-state index contributed by atoms with van der Waals surface area (Å²) in [4.78, 5) is 11.9. The molecule has 2 N–H and O–H groups in total. The van der Waals surface area contributed by atoms with Crippen LogP contribution in [0.25, 0.3) is 0 Å². The first-order valence-corrected chi connectivity index (χ1v) is 10.1. The number of benzene rings is 2. The third-order valence-corrected chi connectivity index (χ3v) is 6.43. The number of carboxylic acid groups (broad SMARTS) is 1. The van der Waals surface area contributed by atoms with Crippen LogP contribution < -0.4 is 4.74 Å². The standard InChI is InChI=1S/C23H23F3O4/c24-23(25,26)16-5-3-14(4-6-16)11-15-13-30-19-12-17(7-8-18(19)20(15)27)22(21(28)29)9-1-2-10-22/h3-8,12,15,20,27H,1-2,9-11,13H2,(H,28,29)/t15-,20+/m0/s1. The van der Waals surface area contributed by atoms with Gasteiger partial charge in [0.1, 0.15) is 5.75 Å². The van der Waals surface area contributed by atoms with Crippen LogP contribution in [0.4, 0.5) is 13.2 Å². The van der Waals surface area contributed by atoms with Gasteiger partial charge in [0.2, 0.25) is 0 Å². The van der Waals surface area contributed by atoms with E-state index in [0.717, 1.165) is 25.0 Å². The summed E-state index contributed by atoms with van der Waals surface area (Å²) in [5, 5.41) is 20.6. The summed E-state index contributed by atoms with van der Waals surface area (Å²) < 4.78 is 44.0. The van der Waals surface area contributed by atoms with Gasteiger partial charge < -0.3 is 14.9 Å². The molecule has 2 aliphatic rings. The van der Waals surface area contributed by atoms with Gasteiger partial charge in [-0.2, -0.15) is 13.2 Å². The van der Waals surface area contributed by atoms with E-state index in [1.54, 1.807) is 18.2 Å². The molecule has 0 saturated heterocycles. The second-order valence-electron chi connectivity index (χ2n) is 8.26. The van der Waals surface area contributed by atoms with Gasteiger partial charge in [-0.05, 0) is 48.6 Å². The molecule has 0 bridgehead atoms. The lowest BCUT2D eigenvalue weighted by atomic mass is 9.77. The van der Waals surface area contributed by atoms with Crippen molar-refractivity contribution in [3.8, 4) is 5.75 Å². The summed E-state index contributed by atoms with van der Waals surface area (Å²) in [5.41, 5.74) is 0.357. The zero-order chi connectivity index (χ0) is 21.5. The van der Waals surface area contributed by atoms with E-state index in [4.69, 9.17) is 4.74 Å². The van der Waals surface area contributed by atoms with Gasteiger partial charge in [0, 0.05) is 11.5 Å². The summed E-state index contributed by atoms with van der Waals surface area (Å²) in [6, 6.07) is 10.1. The van der Waals surface area contributed by atoms with Crippen LogP contribution in [0.15, 0.2) is 42.5 Å². The van der Waals surface area contributed by atoms with Crippen LogP contribution in [-0.4, -0.2) is 22.8 Å². The average molecular weight is 420 g/mol. The van der Waals surface area contributed by atoms with Gasteiger partial charge in [-0.15, -0.1) is 0 Å². The number of halogens is 3. The molecular formula is C23H23F3O4. The van der Waals surface area contributed by atoms with Gasteiger partial charge in [-0.25, -0.2) is 0 Å². The van der Waals surface area contributed by atoms with Crippen molar-refractivity contribution in [2.75, 3.05) is 6.61 Å². The van der Waals surface area contributed by atoms with Crippen LogP contribution in [0.5, 0.6) is 5.75 Å². The number of carbonyl (C=O) groups is 1. The molecule has 7 heteroatoms. The quantitative estimate of drug-likeness (QED) is 0.739. The van der Waals surface area contributed by atoms with Crippen LogP contribution in [0.3, 0.4) is 0 Å². The number of hydrogen-bond acceptors (Lipinski definition) is 3. The Hall–Kier alpha value is -2.54. The zero-order valence-corrected chi connectivity index (χ0v) is 16.3. The van der Waals surface area contributed by atoms with Crippen LogP contribution in [0.1, 0.15) is 54.0 Å². The maximum Gasteiger partial charge on any atom is 0.416 e. The van der Waals surface area contributed by atoms with Crippen molar-refractivity contribution >= 4 is 5.97 Å². The Labute approximate surface area is 172 Å². The molecule has 1 fully saturated rings. The van der Waals surface area contributed by atoms with E-state index >= 15 is 0 Å². The Morgan fingerprint density at radius 3 is 2.37 bits per heavy atom. The molecule has 0 spiro atoms. The molecule has 30 heavy (non-hydrogen) atoms. The fraction of sp³-hybridized carbons (Fsp3) is 0.435. The highest BCUT2D eigenvalue weighted by atomic mass is 19.4. The molecule has 1 aliphatic carbocycles. The van der Waals surface area contributed by atoms with E-state index in [1.807, 2.05) is 0 Å². The molecule has 1 aliphatic heterocycles. The highest BCUT2D eigenvalue weighted by Gasteiger charge is 2.44. The normalized spacial score (nSPS) is 22.9. The smallest absolute Gasteiger partial charge is 0.416 e. The highest BCUT2D eigenvalue weighted by Crippen LogP contribution is 2.45. The lowest BCUT2D eigenvalue weighted by Gasteiger charge is -2.32. The fourth-order valence-corrected chi connectivity index (χ4v) is 4.65. The van der Waals surface area contributed by atoms with Crippen molar-refractivity contribution in [3.05, 3.63) is 64.7 Å². The molecule has 2 aromatic carbocycles. The minimum absolute atomic E-state index is 0.207. The summed E-state index contributed by atoms with van der Waals surface area (Å²) in [6.07, 6.45) is -1.95. The summed E-state index contributed by atoms with van der Waals surface area (Å²) >= 11 is 0. The van der Waals surface area contributed by atoms with Gasteiger partial charge in [0.15, 0.2) is 0 Å². The molecule has 1 saturated carbocycles. The summed E-state index contributed by atoms with van der Waals surface area (Å²) in [5.74, 6) is -0.660. The molecule has 2 atom stereocenters. The van der Waals surface area contributed by atoms with E-state index in [-0.39, 0.29) is 12.5 Å². The van der Waals surface area contributed by atoms with Crippen molar-refractivity contribution < 1.29 is 32.9 Å². The maximum absolute atomic E-state index is 12.7. The Balaban J connectivity index is 1.53. The fourth-order valence-electron chi connectivity index (χ4n) is 4.65. The van der Waals surface area contributed by atoms with Crippen molar-refractivity contribution in [3.63, 3.8) is 0 Å². The van der Waals surface area contributed by atoms with Crippen LogP contribution in [0, 0.1) is 5.92 Å². The second-order valence-corrected chi connectivity index (χ2v) is 8.26. The summed E-state index contributed by atoms with van der Waals surface area (Å²) in [6.45, 7) is 0.207. The number of rotatable bonds is 4. The van der Waals surface area contributed by atoms with E-state index in [9.17, 15) is 28.2 Å². The SMILES string of the molecule is O=C(O)C1(c2ccc3c(c2)OC[C@H](Cc2ccc(C(F)(F)F)cc2)[C@H]3O)CCCC1. The number of ether oxygens (including phenoxy) is 1. The number of alkyl halides is 3. The first-order chi connectivity index (χ1) is 14.2. The topological polar surface area (TPSA) is 66.8 Å². The average Bonchev–Trinajstić information content (AvgIpc) is 3.21. The molecular weight excluding hydrogens is 397 g/mol. The van der Waals surface area contributed by atoms with E-state index in [1.165, 1.54) is 12.1 Å². The lowest BCUT2D eigenvalue weighted by molar-refractivity contribution is -0.143. The molecule has 160 valence electrons. The minimum atomic E-state index is -4.38. The van der Waals surface area contributed by atoms with Gasteiger partial charge in [-0.1, -0.05) is 37.1 Å². The van der Waals surface area contributed by atoms with Gasteiger partial charge in [0.05, 0.1) is 23.7 Å². The van der Waals surface area contributed by atoms with Gasteiger partial charge >= 0.3 is 12.1 Å². The number of aliphatic hydroxyl groups is 1. The first kappa shape index (κ1) is 20.7. The third kappa shape index (κ3) is 3.67. The molecule has 0 amide bonds. The number of hydrogen-bond donors (Lipinski definition) is 2. The largest absolute Gasteiger partial charge is 0.493 e. The lowest BCUT2D eigenvalue weighted by Crippen LogP contribution is -2.33. The van der Waals surface area contributed by atoms with Crippen LogP contribution in [-0.2, 0) is 22.8 Å². The maximum atomic E-state index is 12.7. The van der Waals surface area contributed by atoms with Crippen LogP contribution in [0.2, 0.25) is 0 Å². The van der Waals surface area contributed by atoms with E-state index in [0.29, 0.717) is 41.7 Å². The second kappa shape index (κ2) is 7.61. The first-order valence-electron chi connectivity index (χ1n) is 10.1. The Bertz CT molecular complexity index is 930. The van der Waals surface area contributed by atoms with E-state index < -0.39 is 29.2 Å². The Kier molecular flexibility index (Phi) is 5.26. The molecule has 0 aromatic heterocycles. The Morgan fingerprint density at radius 1 is 1.10 bits per heavy atom.